The van der Waals surface area contributed by atoms with Gasteiger partial charge < -0.3 is 10.3 Å². The van der Waals surface area contributed by atoms with Crippen molar-refractivity contribution in [3.63, 3.8) is 0 Å². The molecule has 0 saturated carbocycles. The first-order valence-corrected chi connectivity index (χ1v) is 7.41. The van der Waals surface area contributed by atoms with E-state index in [-0.39, 0.29) is 0 Å². The largest absolute Gasteiger partial charge is 0.398 e. The Labute approximate surface area is 135 Å². The van der Waals surface area contributed by atoms with Gasteiger partial charge in [-0.1, -0.05) is 44.8 Å². The molecule has 4 nitrogen and oxygen atoms in total. The Morgan fingerprint density at radius 2 is 2.05 bits per heavy atom. The summed E-state index contributed by atoms with van der Waals surface area (Å²) in [5.41, 5.74) is 8.27. The van der Waals surface area contributed by atoms with Gasteiger partial charge in [-0.15, -0.1) is 0 Å². The maximum absolute atomic E-state index is 5.96. The summed E-state index contributed by atoms with van der Waals surface area (Å²) in [7, 11) is 0. The lowest BCUT2D eigenvalue weighted by Crippen LogP contribution is -1.92. The minimum Gasteiger partial charge on any atom is -0.398 e. The second-order valence-corrected chi connectivity index (χ2v) is 5.91. The summed E-state index contributed by atoms with van der Waals surface area (Å²) in [5.74, 6) is 0.998. The van der Waals surface area contributed by atoms with Crippen LogP contribution in [0.25, 0.3) is 11.5 Å². The molecule has 3 aromatic rings. The SMILES string of the molecule is Nc1ccc(Br)cc1-c1nc(Cc2cccc(Cl)c2)no1. The van der Waals surface area contributed by atoms with Crippen LogP contribution in [0, 0.1) is 0 Å². The average Bonchev–Trinajstić information content (AvgIpc) is 2.90. The van der Waals surface area contributed by atoms with Crippen molar-refractivity contribution < 1.29 is 4.52 Å². The molecule has 1 heterocycles. The normalized spacial score (nSPS) is 10.8. The number of halogens is 2. The summed E-state index contributed by atoms with van der Waals surface area (Å²) in [6.07, 6.45) is 0.554. The molecular weight excluding hydrogens is 354 g/mol. The predicted octanol–water partition coefficient (Wildman–Crippen LogP) is 4.33. The van der Waals surface area contributed by atoms with Crippen LogP contribution >= 0.6 is 27.5 Å². The van der Waals surface area contributed by atoms with Crippen LogP contribution in [0.4, 0.5) is 5.69 Å². The molecule has 0 aliphatic heterocycles. The van der Waals surface area contributed by atoms with Crippen LogP contribution in [-0.4, -0.2) is 10.1 Å². The number of aromatic nitrogens is 2. The summed E-state index contributed by atoms with van der Waals surface area (Å²) < 4.78 is 6.20. The zero-order chi connectivity index (χ0) is 14.8. The van der Waals surface area contributed by atoms with Crippen LogP contribution < -0.4 is 5.73 Å². The summed E-state index contributed by atoms with van der Waals surface area (Å²) in [6, 6.07) is 13.1. The van der Waals surface area contributed by atoms with Crippen molar-refractivity contribution in [2.45, 2.75) is 6.42 Å². The summed E-state index contributed by atoms with van der Waals surface area (Å²) in [4.78, 5) is 4.39. The van der Waals surface area contributed by atoms with E-state index in [0.29, 0.717) is 34.4 Å². The van der Waals surface area contributed by atoms with Gasteiger partial charge in [0.2, 0.25) is 0 Å². The lowest BCUT2D eigenvalue weighted by molar-refractivity contribution is 0.424. The van der Waals surface area contributed by atoms with Gasteiger partial charge in [-0.25, -0.2) is 0 Å². The van der Waals surface area contributed by atoms with Crippen molar-refractivity contribution in [2.24, 2.45) is 0 Å². The number of hydrogen-bond acceptors (Lipinski definition) is 4. The molecular formula is C15H11BrClN3O. The Kier molecular flexibility index (Phi) is 3.94. The van der Waals surface area contributed by atoms with Gasteiger partial charge in [-0.2, -0.15) is 4.98 Å². The van der Waals surface area contributed by atoms with E-state index >= 15 is 0 Å². The van der Waals surface area contributed by atoms with Gasteiger partial charge in [0.05, 0.1) is 5.56 Å². The molecule has 106 valence electrons. The van der Waals surface area contributed by atoms with E-state index in [1.165, 1.54) is 0 Å². The molecule has 0 unspecified atom stereocenters. The van der Waals surface area contributed by atoms with Crippen molar-refractivity contribution in [3.05, 3.63) is 63.3 Å². The molecule has 3 rings (SSSR count). The fraction of sp³-hybridized carbons (Fsp3) is 0.0667. The van der Waals surface area contributed by atoms with Crippen molar-refractivity contribution in [1.29, 1.82) is 0 Å². The molecule has 0 aliphatic carbocycles. The maximum Gasteiger partial charge on any atom is 0.260 e. The van der Waals surface area contributed by atoms with Crippen molar-refractivity contribution >= 4 is 33.2 Å². The quantitative estimate of drug-likeness (QED) is 0.703. The second-order valence-electron chi connectivity index (χ2n) is 4.55. The van der Waals surface area contributed by atoms with E-state index in [1.54, 1.807) is 6.07 Å². The third kappa shape index (κ3) is 3.25. The van der Waals surface area contributed by atoms with E-state index < -0.39 is 0 Å². The summed E-state index contributed by atoms with van der Waals surface area (Å²) in [5, 5.41) is 4.68. The highest BCUT2D eigenvalue weighted by molar-refractivity contribution is 9.10. The highest BCUT2D eigenvalue weighted by Gasteiger charge is 2.12. The molecule has 0 spiro atoms. The first kappa shape index (κ1) is 14.1. The van der Waals surface area contributed by atoms with Gasteiger partial charge in [-0.3, -0.25) is 0 Å². The highest BCUT2D eigenvalue weighted by atomic mass is 79.9. The summed E-state index contributed by atoms with van der Waals surface area (Å²) >= 11 is 9.37. The van der Waals surface area contributed by atoms with Crippen LogP contribution in [0.15, 0.2) is 51.5 Å². The Balaban J connectivity index is 1.88. The standard InChI is InChI=1S/C15H11BrClN3O/c16-10-4-5-13(18)12(8-10)15-19-14(20-21-15)7-9-2-1-3-11(17)6-9/h1-6,8H,7,18H2. The van der Waals surface area contributed by atoms with Gasteiger partial charge in [0, 0.05) is 21.6 Å². The van der Waals surface area contributed by atoms with E-state index in [2.05, 4.69) is 26.1 Å². The molecule has 1 aromatic heterocycles. The Bertz CT molecular complexity index is 788. The minimum atomic E-state index is 0.408. The second kappa shape index (κ2) is 5.87. The number of nitrogens with two attached hydrogens (primary N) is 1. The molecule has 2 aromatic carbocycles. The molecule has 0 radical (unpaired) electrons. The topological polar surface area (TPSA) is 64.9 Å². The highest BCUT2D eigenvalue weighted by Crippen LogP contribution is 2.28. The van der Waals surface area contributed by atoms with E-state index in [0.717, 1.165) is 10.0 Å². The number of nitrogens with zero attached hydrogens (tertiary/aromatic N) is 2. The molecule has 0 amide bonds. The lowest BCUT2D eigenvalue weighted by Gasteiger charge is -2.00. The van der Waals surface area contributed by atoms with Crippen LogP contribution in [0.2, 0.25) is 5.02 Å². The predicted molar refractivity (Wildman–Crippen MR) is 86.1 cm³/mol. The number of anilines is 1. The van der Waals surface area contributed by atoms with Gasteiger partial charge in [0.1, 0.15) is 0 Å². The molecule has 0 fully saturated rings. The Morgan fingerprint density at radius 3 is 2.86 bits per heavy atom. The minimum absolute atomic E-state index is 0.408. The van der Waals surface area contributed by atoms with Crippen molar-refractivity contribution in [3.8, 4) is 11.5 Å². The van der Waals surface area contributed by atoms with Crippen LogP contribution in [0.5, 0.6) is 0 Å². The Morgan fingerprint density at radius 1 is 1.19 bits per heavy atom. The molecule has 2 N–H and O–H groups in total. The summed E-state index contributed by atoms with van der Waals surface area (Å²) in [6.45, 7) is 0. The van der Waals surface area contributed by atoms with E-state index in [9.17, 15) is 0 Å². The number of hydrogen-bond donors (Lipinski definition) is 1. The molecule has 0 aliphatic rings. The molecule has 21 heavy (non-hydrogen) atoms. The van der Waals surface area contributed by atoms with Crippen molar-refractivity contribution in [2.75, 3.05) is 5.73 Å². The zero-order valence-corrected chi connectivity index (χ0v) is 13.2. The first-order valence-electron chi connectivity index (χ1n) is 6.24. The van der Waals surface area contributed by atoms with Gasteiger partial charge in [0.15, 0.2) is 5.82 Å². The zero-order valence-electron chi connectivity index (χ0n) is 10.9. The van der Waals surface area contributed by atoms with Crippen LogP contribution in [-0.2, 0) is 6.42 Å². The van der Waals surface area contributed by atoms with E-state index in [1.807, 2.05) is 36.4 Å². The third-order valence-electron chi connectivity index (χ3n) is 2.97. The first-order chi connectivity index (χ1) is 10.1. The van der Waals surface area contributed by atoms with Gasteiger partial charge in [-0.05, 0) is 35.9 Å². The smallest absolute Gasteiger partial charge is 0.260 e. The Hall–Kier alpha value is -1.85. The molecule has 0 atom stereocenters. The van der Waals surface area contributed by atoms with E-state index in [4.69, 9.17) is 21.9 Å². The number of benzene rings is 2. The monoisotopic (exact) mass is 363 g/mol. The van der Waals surface area contributed by atoms with Crippen molar-refractivity contribution in [1.82, 2.24) is 10.1 Å². The average molecular weight is 365 g/mol. The number of rotatable bonds is 3. The molecule has 0 bridgehead atoms. The lowest BCUT2D eigenvalue weighted by atomic mass is 10.1. The molecule has 6 heteroatoms. The number of nitrogen functional groups attached to an aromatic ring is 1. The van der Waals surface area contributed by atoms with Crippen LogP contribution in [0.1, 0.15) is 11.4 Å². The van der Waals surface area contributed by atoms with Gasteiger partial charge >= 0.3 is 0 Å². The molecule has 0 saturated heterocycles. The third-order valence-corrected chi connectivity index (χ3v) is 3.69. The maximum atomic E-state index is 5.96. The van der Waals surface area contributed by atoms with Crippen LogP contribution in [0.3, 0.4) is 0 Å². The fourth-order valence-corrected chi connectivity index (χ4v) is 2.55. The fourth-order valence-electron chi connectivity index (χ4n) is 1.98. The van der Waals surface area contributed by atoms with Gasteiger partial charge in [0.25, 0.3) is 5.89 Å².